The van der Waals surface area contributed by atoms with E-state index in [2.05, 4.69) is 5.32 Å². The zero-order valence-electron chi connectivity index (χ0n) is 12.6. The lowest BCUT2D eigenvalue weighted by Gasteiger charge is -2.17. The molecular formula is C16H23N3O2. The van der Waals surface area contributed by atoms with E-state index in [0.717, 1.165) is 24.2 Å². The van der Waals surface area contributed by atoms with Gasteiger partial charge in [0.05, 0.1) is 6.04 Å². The lowest BCUT2D eigenvalue weighted by Crippen LogP contribution is -2.43. The Morgan fingerprint density at radius 1 is 1.33 bits per heavy atom. The minimum atomic E-state index is -0.480. The summed E-state index contributed by atoms with van der Waals surface area (Å²) in [7, 11) is 0. The van der Waals surface area contributed by atoms with Gasteiger partial charge in [0.2, 0.25) is 11.8 Å². The van der Waals surface area contributed by atoms with Gasteiger partial charge in [-0.05, 0) is 30.0 Å². The fourth-order valence-corrected chi connectivity index (χ4v) is 2.32. The van der Waals surface area contributed by atoms with Gasteiger partial charge in [-0.3, -0.25) is 9.59 Å². The van der Waals surface area contributed by atoms with Crippen LogP contribution in [0.4, 0.5) is 5.69 Å². The van der Waals surface area contributed by atoms with Gasteiger partial charge in [0, 0.05) is 25.2 Å². The summed E-state index contributed by atoms with van der Waals surface area (Å²) in [5.74, 6) is 0.163. The van der Waals surface area contributed by atoms with Crippen LogP contribution in [-0.4, -0.2) is 24.4 Å². The van der Waals surface area contributed by atoms with Crippen LogP contribution in [0.1, 0.15) is 32.3 Å². The van der Waals surface area contributed by atoms with Gasteiger partial charge in [-0.25, -0.2) is 0 Å². The first-order valence-electron chi connectivity index (χ1n) is 7.41. The highest BCUT2D eigenvalue weighted by Gasteiger charge is 2.21. The monoisotopic (exact) mass is 289 g/mol. The fourth-order valence-electron chi connectivity index (χ4n) is 2.32. The van der Waals surface area contributed by atoms with Gasteiger partial charge >= 0.3 is 0 Å². The van der Waals surface area contributed by atoms with Crippen LogP contribution in [0.3, 0.4) is 0 Å². The standard InChI is InChI=1S/C16H23N3O2/c1-11(2)15(17)16(21)18-10-12-5-7-13(8-6-12)19-9-3-4-14(19)20/h5-8,11,15H,3-4,9-10,17H2,1-2H3,(H,18,21)/t15-/m0/s1. The number of nitrogens with one attached hydrogen (secondary N) is 1. The zero-order chi connectivity index (χ0) is 15.4. The van der Waals surface area contributed by atoms with Gasteiger partial charge in [0.25, 0.3) is 0 Å². The quantitative estimate of drug-likeness (QED) is 0.860. The maximum Gasteiger partial charge on any atom is 0.237 e. The molecular weight excluding hydrogens is 266 g/mol. The van der Waals surface area contributed by atoms with Crippen molar-refractivity contribution in [2.45, 2.75) is 39.3 Å². The van der Waals surface area contributed by atoms with Gasteiger partial charge in [0.1, 0.15) is 0 Å². The average Bonchev–Trinajstić information content (AvgIpc) is 2.90. The van der Waals surface area contributed by atoms with Crippen LogP contribution in [0.15, 0.2) is 24.3 Å². The predicted octanol–water partition coefficient (Wildman–Crippen LogP) is 1.41. The molecule has 0 aromatic heterocycles. The molecule has 21 heavy (non-hydrogen) atoms. The Kier molecular flexibility index (Phi) is 4.96. The summed E-state index contributed by atoms with van der Waals surface area (Å²) < 4.78 is 0. The molecule has 114 valence electrons. The highest BCUT2D eigenvalue weighted by molar-refractivity contribution is 5.95. The third-order valence-electron chi connectivity index (χ3n) is 3.81. The number of hydrogen-bond acceptors (Lipinski definition) is 3. The Labute approximate surface area is 125 Å². The summed E-state index contributed by atoms with van der Waals surface area (Å²) in [4.78, 5) is 25.3. The van der Waals surface area contributed by atoms with E-state index in [1.165, 1.54) is 0 Å². The minimum Gasteiger partial charge on any atom is -0.351 e. The van der Waals surface area contributed by atoms with Crippen LogP contribution >= 0.6 is 0 Å². The SMILES string of the molecule is CC(C)[C@H](N)C(=O)NCc1ccc(N2CCCC2=O)cc1. The molecule has 2 rings (SSSR count). The van der Waals surface area contributed by atoms with Gasteiger partial charge in [-0.1, -0.05) is 26.0 Å². The molecule has 5 nitrogen and oxygen atoms in total. The van der Waals surface area contributed by atoms with E-state index in [9.17, 15) is 9.59 Å². The highest BCUT2D eigenvalue weighted by atomic mass is 16.2. The lowest BCUT2D eigenvalue weighted by atomic mass is 10.0. The average molecular weight is 289 g/mol. The molecule has 1 saturated heterocycles. The van der Waals surface area contributed by atoms with Crippen molar-refractivity contribution < 1.29 is 9.59 Å². The number of anilines is 1. The third-order valence-corrected chi connectivity index (χ3v) is 3.81. The van der Waals surface area contributed by atoms with Crippen LogP contribution in [0, 0.1) is 5.92 Å². The van der Waals surface area contributed by atoms with Crippen molar-refractivity contribution in [3.8, 4) is 0 Å². The molecule has 0 saturated carbocycles. The van der Waals surface area contributed by atoms with Crippen LogP contribution in [0.25, 0.3) is 0 Å². The van der Waals surface area contributed by atoms with Gasteiger partial charge < -0.3 is 16.0 Å². The molecule has 1 aliphatic rings. The summed E-state index contributed by atoms with van der Waals surface area (Å²) in [5.41, 5.74) is 7.71. The third kappa shape index (κ3) is 3.82. The van der Waals surface area contributed by atoms with Gasteiger partial charge in [0.15, 0.2) is 0 Å². The zero-order valence-corrected chi connectivity index (χ0v) is 12.6. The topological polar surface area (TPSA) is 75.4 Å². The molecule has 0 aliphatic carbocycles. The normalized spacial score (nSPS) is 16.4. The summed E-state index contributed by atoms with van der Waals surface area (Å²) >= 11 is 0. The van der Waals surface area contributed by atoms with Crippen molar-refractivity contribution in [2.75, 3.05) is 11.4 Å². The lowest BCUT2D eigenvalue weighted by molar-refractivity contribution is -0.123. The molecule has 1 heterocycles. The second-order valence-electron chi connectivity index (χ2n) is 5.80. The molecule has 1 aromatic rings. The molecule has 0 spiro atoms. The van der Waals surface area contributed by atoms with Crippen LogP contribution in [0.2, 0.25) is 0 Å². The minimum absolute atomic E-state index is 0.119. The number of nitrogens with zero attached hydrogens (tertiary/aromatic N) is 1. The van der Waals surface area contributed by atoms with E-state index < -0.39 is 6.04 Å². The number of benzene rings is 1. The van der Waals surface area contributed by atoms with Crippen molar-refractivity contribution in [1.29, 1.82) is 0 Å². The van der Waals surface area contributed by atoms with E-state index in [-0.39, 0.29) is 17.7 Å². The second-order valence-corrected chi connectivity index (χ2v) is 5.80. The van der Waals surface area contributed by atoms with E-state index in [1.54, 1.807) is 4.90 Å². The van der Waals surface area contributed by atoms with Crippen LogP contribution < -0.4 is 16.0 Å². The van der Waals surface area contributed by atoms with E-state index in [4.69, 9.17) is 5.73 Å². The predicted molar refractivity (Wildman–Crippen MR) is 82.7 cm³/mol. The van der Waals surface area contributed by atoms with Crippen molar-refractivity contribution in [1.82, 2.24) is 5.32 Å². The number of amides is 2. The van der Waals surface area contributed by atoms with Gasteiger partial charge in [-0.2, -0.15) is 0 Å². The highest BCUT2D eigenvalue weighted by Crippen LogP contribution is 2.21. The summed E-state index contributed by atoms with van der Waals surface area (Å²) in [6.45, 7) is 5.09. The van der Waals surface area contributed by atoms with Crippen molar-refractivity contribution in [3.63, 3.8) is 0 Å². The van der Waals surface area contributed by atoms with Crippen LogP contribution in [0.5, 0.6) is 0 Å². The number of carbonyl (C=O) groups excluding carboxylic acids is 2. The number of carbonyl (C=O) groups is 2. The van der Waals surface area contributed by atoms with Crippen LogP contribution in [-0.2, 0) is 16.1 Å². The molecule has 5 heteroatoms. The Bertz CT molecular complexity index is 511. The summed E-state index contributed by atoms with van der Waals surface area (Å²) in [6.07, 6.45) is 1.55. The summed E-state index contributed by atoms with van der Waals surface area (Å²) in [6, 6.07) is 7.23. The molecule has 1 aromatic carbocycles. The van der Waals surface area contributed by atoms with Crippen molar-refractivity contribution >= 4 is 17.5 Å². The molecule has 0 radical (unpaired) electrons. The molecule has 0 bridgehead atoms. The maximum absolute atomic E-state index is 11.8. The molecule has 1 fully saturated rings. The van der Waals surface area contributed by atoms with E-state index >= 15 is 0 Å². The molecule has 2 amide bonds. The number of hydrogen-bond donors (Lipinski definition) is 2. The van der Waals surface area contributed by atoms with Gasteiger partial charge in [-0.15, -0.1) is 0 Å². The first-order valence-corrected chi connectivity index (χ1v) is 7.41. The Morgan fingerprint density at radius 3 is 2.52 bits per heavy atom. The molecule has 0 unspecified atom stereocenters. The molecule has 3 N–H and O–H groups in total. The number of rotatable bonds is 5. The molecule has 1 atom stereocenters. The van der Waals surface area contributed by atoms with E-state index in [0.29, 0.717) is 13.0 Å². The van der Waals surface area contributed by atoms with E-state index in [1.807, 2.05) is 38.1 Å². The Balaban J connectivity index is 1.91. The molecule has 1 aliphatic heterocycles. The largest absolute Gasteiger partial charge is 0.351 e. The Hall–Kier alpha value is -1.88. The second kappa shape index (κ2) is 6.72. The fraction of sp³-hybridized carbons (Fsp3) is 0.500. The first kappa shape index (κ1) is 15.5. The van der Waals surface area contributed by atoms with Crippen molar-refractivity contribution in [2.24, 2.45) is 11.7 Å². The van der Waals surface area contributed by atoms with Crippen molar-refractivity contribution in [3.05, 3.63) is 29.8 Å². The smallest absolute Gasteiger partial charge is 0.237 e. The summed E-state index contributed by atoms with van der Waals surface area (Å²) in [5, 5.41) is 2.83. The maximum atomic E-state index is 11.8. The Morgan fingerprint density at radius 2 is 2.00 bits per heavy atom. The number of nitrogens with two attached hydrogens (primary N) is 1. The first-order chi connectivity index (χ1) is 9.99.